The van der Waals surface area contributed by atoms with Crippen molar-refractivity contribution >= 4 is 11.6 Å². The van der Waals surface area contributed by atoms with Crippen LogP contribution in [0.1, 0.15) is 37.9 Å². The average Bonchev–Trinajstić information content (AvgIpc) is 3.46. The van der Waals surface area contributed by atoms with Crippen molar-refractivity contribution in [3.05, 3.63) is 46.4 Å². The molecule has 2 fully saturated rings. The molecule has 2 aromatic rings. The van der Waals surface area contributed by atoms with Crippen LogP contribution in [0, 0.1) is 11.7 Å². The zero-order valence-electron chi connectivity index (χ0n) is 14.2. The van der Waals surface area contributed by atoms with Gasteiger partial charge in [-0.15, -0.1) is 0 Å². The van der Waals surface area contributed by atoms with Gasteiger partial charge in [0.1, 0.15) is 22.9 Å². The van der Waals surface area contributed by atoms with Gasteiger partial charge in [0.05, 0.1) is 23.9 Å². The van der Waals surface area contributed by atoms with Crippen LogP contribution in [0.15, 0.2) is 24.3 Å². The van der Waals surface area contributed by atoms with Crippen molar-refractivity contribution in [3.63, 3.8) is 0 Å². The molecule has 1 atom stereocenters. The van der Waals surface area contributed by atoms with E-state index in [0.717, 1.165) is 34.9 Å². The normalized spacial score (nSPS) is 26.2. The molecule has 3 aliphatic rings. The third kappa shape index (κ3) is 2.31. The fraction of sp³-hybridized carbons (Fsp3) is 0.450. The lowest BCUT2D eigenvalue weighted by Crippen LogP contribution is -2.20. The summed E-state index contributed by atoms with van der Waals surface area (Å²) in [5.74, 6) is 0.913. The summed E-state index contributed by atoms with van der Waals surface area (Å²) in [7, 11) is 0. The molecule has 25 heavy (non-hydrogen) atoms. The van der Waals surface area contributed by atoms with Crippen LogP contribution in [0.5, 0.6) is 5.75 Å². The number of hydrogen-bond acceptors (Lipinski definition) is 3. The summed E-state index contributed by atoms with van der Waals surface area (Å²) < 4.78 is 25.5. The van der Waals surface area contributed by atoms with Gasteiger partial charge in [0.25, 0.3) is 0 Å². The van der Waals surface area contributed by atoms with E-state index in [0.29, 0.717) is 12.5 Å². The van der Waals surface area contributed by atoms with Crippen LogP contribution in [0.3, 0.4) is 0 Å². The van der Waals surface area contributed by atoms with Gasteiger partial charge in [0.15, 0.2) is 0 Å². The highest BCUT2D eigenvalue weighted by molar-refractivity contribution is 6.31. The molecule has 1 unspecified atom stereocenters. The number of fused-ring (bicyclic) bond motifs is 1. The summed E-state index contributed by atoms with van der Waals surface area (Å²) in [6, 6.07) is 6.86. The van der Waals surface area contributed by atoms with E-state index in [-0.39, 0.29) is 16.0 Å². The zero-order chi connectivity index (χ0) is 17.4. The van der Waals surface area contributed by atoms with Gasteiger partial charge in [0.2, 0.25) is 0 Å². The van der Waals surface area contributed by atoms with E-state index in [1.807, 2.05) is 0 Å². The van der Waals surface area contributed by atoms with Crippen molar-refractivity contribution in [2.75, 3.05) is 13.2 Å². The Kier molecular flexibility index (Phi) is 3.09. The lowest BCUT2D eigenvalue weighted by Gasteiger charge is -2.19. The molecule has 5 rings (SSSR count). The molecule has 0 amide bonds. The van der Waals surface area contributed by atoms with E-state index >= 15 is 0 Å². The number of hydrogen-bond donors (Lipinski definition) is 0. The van der Waals surface area contributed by atoms with Crippen molar-refractivity contribution in [1.82, 2.24) is 4.98 Å². The molecule has 0 N–H and O–H groups in total. The van der Waals surface area contributed by atoms with Crippen molar-refractivity contribution in [2.24, 2.45) is 5.92 Å². The molecular weight excluding hydrogens is 341 g/mol. The zero-order valence-corrected chi connectivity index (χ0v) is 15.0. The first-order chi connectivity index (χ1) is 11.9. The number of nitrogens with zero attached hydrogens (tertiary/aromatic N) is 1. The Morgan fingerprint density at radius 2 is 1.96 bits per heavy atom. The van der Waals surface area contributed by atoms with Gasteiger partial charge in [-0.05, 0) is 43.0 Å². The van der Waals surface area contributed by atoms with Crippen LogP contribution < -0.4 is 4.74 Å². The Bertz CT molecular complexity index is 888. The van der Waals surface area contributed by atoms with Gasteiger partial charge >= 0.3 is 0 Å². The molecule has 3 nitrogen and oxygen atoms in total. The summed E-state index contributed by atoms with van der Waals surface area (Å²) in [4.78, 5) is 4.92. The quantitative estimate of drug-likeness (QED) is 0.735. The largest absolute Gasteiger partial charge is 0.490 e. The van der Waals surface area contributed by atoms with Gasteiger partial charge < -0.3 is 9.47 Å². The van der Waals surface area contributed by atoms with E-state index in [2.05, 4.69) is 19.9 Å². The summed E-state index contributed by atoms with van der Waals surface area (Å²) in [5, 5.41) is 0.0929. The molecule has 1 aliphatic carbocycles. The molecule has 0 spiro atoms. The maximum atomic E-state index is 13.6. The topological polar surface area (TPSA) is 34.6 Å². The van der Waals surface area contributed by atoms with E-state index < -0.39 is 5.82 Å². The molecule has 130 valence electrons. The van der Waals surface area contributed by atoms with E-state index in [9.17, 15) is 4.39 Å². The average molecular weight is 360 g/mol. The lowest BCUT2D eigenvalue weighted by atomic mass is 9.84. The highest BCUT2D eigenvalue weighted by atomic mass is 35.5. The smallest absolute Gasteiger partial charge is 0.149 e. The number of aromatic nitrogens is 1. The molecular formula is C20H19ClFNO2. The molecule has 2 aliphatic heterocycles. The van der Waals surface area contributed by atoms with E-state index in [1.165, 1.54) is 18.9 Å². The van der Waals surface area contributed by atoms with Crippen molar-refractivity contribution in [1.29, 1.82) is 0 Å². The molecule has 1 aromatic carbocycles. The number of epoxide rings is 1. The second-order valence-corrected chi connectivity index (χ2v) is 8.39. The first kappa shape index (κ1) is 15.6. The van der Waals surface area contributed by atoms with E-state index in [4.69, 9.17) is 26.1 Å². The second kappa shape index (κ2) is 4.95. The Balaban J connectivity index is 1.72. The SMILES string of the molecule is CC1(C)COc2c1cc(C1(C3CC3)CO1)nc2-c1ccc(F)c(Cl)c1. The minimum absolute atomic E-state index is 0.0920. The Morgan fingerprint density at radius 3 is 2.60 bits per heavy atom. The second-order valence-electron chi connectivity index (χ2n) is 7.99. The third-order valence-corrected chi connectivity index (χ3v) is 5.89. The van der Waals surface area contributed by atoms with Crippen LogP contribution in [-0.2, 0) is 15.8 Å². The molecule has 1 saturated carbocycles. The van der Waals surface area contributed by atoms with Crippen LogP contribution in [0.25, 0.3) is 11.3 Å². The lowest BCUT2D eigenvalue weighted by molar-refractivity contribution is 0.272. The molecule has 5 heteroatoms. The Labute approximate surface area is 151 Å². The maximum Gasteiger partial charge on any atom is 0.149 e. The number of rotatable bonds is 3. The highest BCUT2D eigenvalue weighted by Gasteiger charge is 2.59. The van der Waals surface area contributed by atoms with Crippen LogP contribution in [-0.4, -0.2) is 18.2 Å². The van der Waals surface area contributed by atoms with Crippen LogP contribution in [0.2, 0.25) is 5.02 Å². The van der Waals surface area contributed by atoms with Crippen molar-refractivity contribution in [2.45, 2.75) is 37.7 Å². The van der Waals surface area contributed by atoms with E-state index in [1.54, 1.807) is 12.1 Å². The van der Waals surface area contributed by atoms with Gasteiger partial charge in [-0.1, -0.05) is 25.4 Å². The molecule has 0 bridgehead atoms. The Hall–Kier alpha value is -1.65. The maximum absolute atomic E-state index is 13.6. The third-order valence-electron chi connectivity index (χ3n) is 5.60. The number of benzene rings is 1. The highest BCUT2D eigenvalue weighted by Crippen LogP contribution is 2.57. The minimum Gasteiger partial charge on any atom is -0.490 e. The van der Waals surface area contributed by atoms with Crippen molar-refractivity contribution in [3.8, 4) is 17.0 Å². The monoisotopic (exact) mass is 359 g/mol. The summed E-state index contributed by atoms with van der Waals surface area (Å²) in [6.45, 7) is 5.67. The molecule has 0 radical (unpaired) electrons. The van der Waals surface area contributed by atoms with Gasteiger partial charge in [-0.3, -0.25) is 0 Å². The fourth-order valence-electron chi connectivity index (χ4n) is 3.79. The van der Waals surface area contributed by atoms with Crippen molar-refractivity contribution < 1.29 is 13.9 Å². The number of pyridine rings is 1. The minimum atomic E-state index is -0.431. The van der Waals surface area contributed by atoms with Gasteiger partial charge in [0, 0.05) is 16.5 Å². The number of ether oxygens (including phenoxy) is 2. The first-order valence-corrected chi connectivity index (χ1v) is 9.07. The van der Waals surface area contributed by atoms with Gasteiger partial charge in [-0.25, -0.2) is 9.37 Å². The first-order valence-electron chi connectivity index (χ1n) is 8.69. The molecule has 1 saturated heterocycles. The molecule has 1 aromatic heterocycles. The predicted molar refractivity (Wildman–Crippen MR) is 93.5 cm³/mol. The Morgan fingerprint density at radius 1 is 1.20 bits per heavy atom. The standard InChI is InChI=1S/C20H19ClFNO2/c1-19(2)9-24-18-13(19)8-16(20(10-25-20)12-4-5-12)23-17(18)11-3-6-15(22)14(21)7-11/h3,6-8,12H,4-5,9-10H2,1-2H3. The fourth-order valence-corrected chi connectivity index (χ4v) is 3.97. The number of halogens is 2. The molecule has 3 heterocycles. The van der Waals surface area contributed by atoms with Gasteiger partial charge in [-0.2, -0.15) is 0 Å². The van der Waals surface area contributed by atoms with Crippen LogP contribution >= 0.6 is 11.6 Å². The van der Waals surface area contributed by atoms with Crippen LogP contribution in [0.4, 0.5) is 4.39 Å². The summed E-state index contributed by atoms with van der Waals surface area (Å²) >= 11 is 6.00. The summed E-state index contributed by atoms with van der Waals surface area (Å²) in [5.41, 5.74) is 3.30. The summed E-state index contributed by atoms with van der Waals surface area (Å²) in [6.07, 6.45) is 2.38. The predicted octanol–water partition coefficient (Wildman–Crippen LogP) is 4.85.